The minimum absolute atomic E-state index is 0.110. The van der Waals surface area contributed by atoms with Crippen LogP contribution in [0.3, 0.4) is 0 Å². The summed E-state index contributed by atoms with van der Waals surface area (Å²) in [5.74, 6) is 0.717. The SMILES string of the molecule is Cc1ccc(OCc2cccc([N+](=O)[O-])c2C)c(CN)c1. The molecule has 0 radical (unpaired) electrons. The Morgan fingerprint density at radius 2 is 1.95 bits per heavy atom. The van der Waals surface area contributed by atoms with Gasteiger partial charge in [-0.25, -0.2) is 0 Å². The van der Waals surface area contributed by atoms with Crippen LogP contribution in [0.1, 0.15) is 22.3 Å². The molecule has 2 aromatic rings. The van der Waals surface area contributed by atoms with E-state index in [1.165, 1.54) is 6.07 Å². The lowest BCUT2D eigenvalue weighted by Gasteiger charge is -2.12. The van der Waals surface area contributed by atoms with Crippen LogP contribution in [0.15, 0.2) is 36.4 Å². The molecule has 5 nitrogen and oxygen atoms in total. The number of benzene rings is 2. The van der Waals surface area contributed by atoms with Crippen molar-refractivity contribution in [2.75, 3.05) is 0 Å². The van der Waals surface area contributed by atoms with Crippen molar-refractivity contribution < 1.29 is 9.66 Å². The standard InChI is InChI=1S/C16H18N2O3/c1-11-6-7-16(14(8-11)9-17)21-10-13-4-3-5-15(12(13)2)18(19)20/h3-8H,9-10,17H2,1-2H3. The van der Waals surface area contributed by atoms with E-state index >= 15 is 0 Å². The minimum Gasteiger partial charge on any atom is -0.489 e. The van der Waals surface area contributed by atoms with Gasteiger partial charge >= 0.3 is 0 Å². The summed E-state index contributed by atoms with van der Waals surface area (Å²) in [4.78, 5) is 10.6. The number of ether oxygens (including phenoxy) is 1. The lowest BCUT2D eigenvalue weighted by Crippen LogP contribution is -2.05. The van der Waals surface area contributed by atoms with Crippen LogP contribution < -0.4 is 10.5 Å². The Morgan fingerprint density at radius 1 is 1.19 bits per heavy atom. The molecular formula is C16H18N2O3. The molecule has 0 saturated heterocycles. The molecule has 0 unspecified atom stereocenters. The van der Waals surface area contributed by atoms with Gasteiger partial charge in [-0.05, 0) is 25.5 Å². The zero-order valence-corrected chi connectivity index (χ0v) is 12.1. The largest absolute Gasteiger partial charge is 0.489 e. The summed E-state index contributed by atoms with van der Waals surface area (Å²) in [6.07, 6.45) is 0. The molecule has 0 atom stereocenters. The van der Waals surface area contributed by atoms with Gasteiger partial charge in [0.1, 0.15) is 12.4 Å². The second kappa shape index (κ2) is 6.37. The smallest absolute Gasteiger partial charge is 0.272 e. The first-order valence-corrected chi connectivity index (χ1v) is 6.68. The van der Waals surface area contributed by atoms with Crippen LogP contribution in [0, 0.1) is 24.0 Å². The topological polar surface area (TPSA) is 78.4 Å². The first-order chi connectivity index (χ1) is 10.0. The Bertz CT molecular complexity index is 669. The van der Waals surface area contributed by atoms with Crippen molar-refractivity contribution in [3.63, 3.8) is 0 Å². The van der Waals surface area contributed by atoms with Crippen molar-refractivity contribution in [2.45, 2.75) is 27.0 Å². The van der Waals surface area contributed by atoms with E-state index in [4.69, 9.17) is 10.5 Å². The Kier molecular flexibility index (Phi) is 4.55. The van der Waals surface area contributed by atoms with Gasteiger partial charge in [-0.2, -0.15) is 0 Å². The Hall–Kier alpha value is -2.40. The molecule has 0 bridgehead atoms. The van der Waals surface area contributed by atoms with Crippen LogP contribution >= 0.6 is 0 Å². The van der Waals surface area contributed by atoms with Gasteiger partial charge in [-0.1, -0.05) is 29.8 Å². The van der Waals surface area contributed by atoms with Crippen molar-refractivity contribution in [1.82, 2.24) is 0 Å². The number of hydrogen-bond donors (Lipinski definition) is 1. The summed E-state index contributed by atoms with van der Waals surface area (Å²) in [6, 6.07) is 10.8. The molecule has 2 aromatic carbocycles. The predicted molar refractivity (Wildman–Crippen MR) is 81.2 cm³/mol. The van der Waals surface area contributed by atoms with E-state index in [1.807, 2.05) is 31.2 Å². The van der Waals surface area contributed by atoms with Gasteiger partial charge in [0.25, 0.3) is 5.69 Å². The number of nitrogens with zero attached hydrogens (tertiary/aromatic N) is 1. The monoisotopic (exact) mass is 286 g/mol. The third kappa shape index (κ3) is 3.38. The number of nitro benzene ring substituents is 1. The van der Waals surface area contributed by atoms with Crippen molar-refractivity contribution in [3.8, 4) is 5.75 Å². The van der Waals surface area contributed by atoms with E-state index in [0.29, 0.717) is 17.9 Å². The third-order valence-corrected chi connectivity index (χ3v) is 3.43. The average molecular weight is 286 g/mol. The van der Waals surface area contributed by atoms with Gasteiger partial charge in [-0.15, -0.1) is 0 Å². The first kappa shape index (κ1) is 15.0. The van der Waals surface area contributed by atoms with Gasteiger partial charge in [0.2, 0.25) is 0 Å². The Balaban J connectivity index is 2.21. The van der Waals surface area contributed by atoms with Crippen LogP contribution in [-0.2, 0) is 13.2 Å². The fourth-order valence-electron chi connectivity index (χ4n) is 2.19. The van der Waals surface area contributed by atoms with Crippen LogP contribution in [-0.4, -0.2) is 4.92 Å². The molecule has 0 spiro atoms. The van der Waals surface area contributed by atoms with Crippen molar-refractivity contribution >= 4 is 5.69 Å². The highest BCUT2D eigenvalue weighted by Crippen LogP contribution is 2.24. The maximum absolute atomic E-state index is 10.9. The Labute approximate surface area is 123 Å². The first-order valence-electron chi connectivity index (χ1n) is 6.68. The molecule has 0 saturated carbocycles. The maximum atomic E-state index is 10.9. The van der Waals surface area contributed by atoms with Crippen LogP contribution in [0.25, 0.3) is 0 Å². The van der Waals surface area contributed by atoms with E-state index in [1.54, 1.807) is 13.0 Å². The van der Waals surface area contributed by atoms with E-state index in [0.717, 1.165) is 16.7 Å². The van der Waals surface area contributed by atoms with Gasteiger partial charge < -0.3 is 10.5 Å². The summed E-state index contributed by atoms with van der Waals surface area (Å²) in [5, 5.41) is 10.9. The third-order valence-electron chi connectivity index (χ3n) is 3.43. The molecule has 5 heteroatoms. The van der Waals surface area contributed by atoms with Crippen molar-refractivity contribution in [1.29, 1.82) is 0 Å². The van der Waals surface area contributed by atoms with Gasteiger partial charge in [0, 0.05) is 23.7 Å². The summed E-state index contributed by atoms with van der Waals surface area (Å²) in [7, 11) is 0. The molecule has 2 rings (SSSR count). The minimum atomic E-state index is -0.379. The molecule has 110 valence electrons. The molecule has 0 heterocycles. The van der Waals surface area contributed by atoms with Gasteiger partial charge in [0.15, 0.2) is 0 Å². The van der Waals surface area contributed by atoms with Crippen LogP contribution in [0.2, 0.25) is 0 Å². The number of rotatable bonds is 5. The molecule has 0 fully saturated rings. The lowest BCUT2D eigenvalue weighted by molar-refractivity contribution is -0.385. The van der Waals surface area contributed by atoms with E-state index in [2.05, 4.69) is 0 Å². The molecule has 0 aromatic heterocycles. The average Bonchev–Trinajstić information content (AvgIpc) is 2.46. The molecule has 0 aliphatic heterocycles. The summed E-state index contributed by atoms with van der Waals surface area (Å²) in [6.45, 7) is 4.40. The maximum Gasteiger partial charge on any atom is 0.272 e. The van der Waals surface area contributed by atoms with Gasteiger partial charge in [-0.3, -0.25) is 10.1 Å². The zero-order valence-electron chi connectivity index (χ0n) is 12.1. The fraction of sp³-hybridized carbons (Fsp3) is 0.250. The molecule has 2 N–H and O–H groups in total. The van der Waals surface area contributed by atoms with E-state index in [-0.39, 0.29) is 17.2 Å². The molecule has 0 amide bonds. The second-order valence-electron chi connectivity index (χ2n) is 4.92. The van der Waals surface area contributed by atoms with Crippen LogP contribution in [0.5, 0.6) is 5.75 Å². The Morgan fingerprint density at radius 3 is 2.62 bits per heavy atom. The van der Waals surface area contributed by atoms with Crippen molar-refractivity contribution in [2.24, 2.45) is 5.73 Å². The van der Waals surface area contributed by atoms with Crippen LogP contribution in [0.4, 0.5) is 5.69 Å². The number of nitrogens with two attached hydrogens (primary N) is 1. The highest BCUT2D eigenvalue weighted by molar-refractivity contribution is 5.44. The number of hydrogen-bond acceptors (Lipinski definition) is 4. The highest BCUT2D eigenvalue weighted by atomic mass is 16.6. The molecular weight excluding hydrogens is 268 g/mol. The molecule has 21 heavy (non-hydrogen) atoms. The van der Waals surface area contributed by atoms with E-state index < -0.39 is 0 Å². The zero-order chi connectivity index (χ0) is 15.4. The molecule has 0 aliphatic carbocycles. The number of nitro groups is 1. The highest BCUT2D eigenvalue weighted by Gasteiger charge is 2.13. The number of aryl methyl sites for hydroxylation is 1. The predicted octanol–water partition coefficient (Wildman–Crippen LogP) is 3.25. The normalized spacial score (nSPS) is 10.4. The quantitative estimate of drug-likeness (QED) is 0.676. The summed E-state index contributed by atoms with van der Waals surface area (Å²) in [5.41, 5.74) is 9.30. The lowest BCUT2D eigenvalue weighted by atomic mass is 10.1. The molecule has 0 aliphatic rings. The van der Waals surface area contributed by atoms with Crippen molar-refractivity contribution in [3.05, 3.63) is 68.8 Å². The summed E-state index contributed by atoms with van der Waals surface area (Å²) >= 11 is 0. The fourth-order valence-corrected chi connectivity index (χ4v) is 2.19. The van der Waals surface area contributed by atoms with E-state index in [9.17, 15) is 10.1 Å². The van der Waals surface area contributed by atoms with Gasteiger partial charge in [0.05, 0.1) is 4.92 Å². The summed E-state index contributed by atoms with van der Waals surface area (Å²) < 4.78 is 5.78. The second-order valence-corrected chi connectivity index (χ2v) is 4.92.